The predicted octanol–water partition coefficient (Wildman–Crippen LogP) is 7.22. The first kappa shape index (κ1) is 49.6. The first-order chi connectivity index (χ1) is 26.0. The van der Waals surface area contributed by atoms with Crippen molar-refractivity contribution in [1.29, 1.82) is 0 Å². The average molecular weight is 787 g/mol. The molecule has 54 heavy (non-hydrogen) atoms. The maximum absolute atomic E-state index is 12.7. The minimum absolute atomic E-state index is 0.0461. The summed E-state index contributed by atoms with van der Waals surface area (Å²) in [6, 6.07) is 0. The van der Waals surface area contributed by atoms with E-state index >= 15 is 0 Å². The summed E-state index contributed by atoms with van der Waals surface area (Å²) in [4.78, 5) is 25.2. The number of rotatable bonds is 32. The maximum Gasteiger partial charge on any atom is 0.306 e. The Morgan fingerprint density at radius 2 is 1.11 bits per heavy atom. The van der Waals surface area contributed by atoms with Crippen LogP contribution in [0, 0.1) is 0 Å². The van der Waals surface area contributed by atoms with E-state index in [0.717, 1.165) is 25.7 Å². The van der Waals surface area contributed by atoms with E-state index in [9.17, 15) is 37.9 Å². The quantitative estimate of drug-likeness (QED) is 0.0233. The van der Waals surface area contributed by atoms with Gasteiger partial charge in [-0.2, -0.15) is 8.42 Å². The van der Waals surface area contributed by atoms with Crippen molar-refractivity contribution in [3.63, 3.8) is 0 Å². The van der Waals surface area contributed by atoms with E-state index in [-0.39, 0.29) is 19.4 Å². The summed E-state index contributed by atoms with van der Waals surface area (Å²) in [5.41, 5.74) is 0. The molecule has 0 bridgehead atoms. The number of aliphatic hydroxyl groups excluding tert-OH is 3. The van der Waals surface area contributed by atoms with Gasteiger partial charge >= 0.3 is 11.9 Å². The molecule has 1 saturated heterocycles. The second-order valence-corrected chi connectivity index (χ2v) is 15.4. The van der Waals surface area contributed by atoms with E-state index in [0.29, 0.717) is 12.8 Å². The Morgan fingerprint density at radius 3 is 1.63 bits per heavy atom. The Morgan fingerprint density at radius 1 is 0.630 bits per heavy atom. The molecular formula is C41H70O12S. The van der Waals surface area contributed by atoms with Crippen LogP contribution in [0.5, 0.6) is 0 Å². The Labute approximate surface area is 324 Å². The Balaban J connectivity index is 2.59. The van der Waals surface area contributed by atoms with Crippen molar-refractivity contribution in [3.8, 4) is 0 Å². The zero-order valence-corrected chi connectivity index (χ0v) is 33.6. The van der Waals surface area contributed by atoms with Crippen molar-refractivity contribution in [3.05, 3.63) is 48.6 Å². The summed E-state index contributed by atoms with van der Waals surface area (Å²) < 4.78 is 53.7. The molecule has 0 radical (unpaired) electrons. The zero-order valence-electron chi connectivity index (χ0n) is 32.8. The van der Waals surface area contributed by atoms with Crippen LogP contribution in [0.15, 0.2) is 48.6 Å². The van der Waals surface area contributed by atoms with Crippen molar-refractivity contribution < 1.29 is 56.8 Å². The highest BCUT2D eigenvalue weighted by molar-refractivity contribution is 7.85. The number of carbonyl (C=O) groups excluding carboxylic acids is 2. The molecule has 312 valence electrons. The molecule has 3 unspecified atom stereocenters. The molecule has 4 N–H and O–H groups in total. The molecule has 1 aliphatic heterocycles. The van der Waals surface area contributed by atoms with Crippen LogP contribution < -0.4 is 0 Å². The lowest BCUT2D eigenvalue weighted by Gasteiger charge is -2.40. The minimum atomic E-state index is -4.61. The van der Waals surface area contributed by atoms with Crippen LogP contribution in [-0.4, -0.2) is 96.0 Å². The number of unbranched alkanes of at least 4 members (excludes halogenated alkanes) is 12. The second-order valence-electron chi connectivity index (χ2n) is 13.9. The highest BCUT2D eigenvalue weighted by Crippen LogP contribution is 2.23. The molecule has 13 heteroatoms. The highest BCUT2D eigenvalue weighted by Gasteiger charge is 2.46. The number of carbonyl (C=O) groups is 2. The smallest absolute Gasteiger partial charge is 0.306 e. The minimum Gasteiger partial charge on any atom is -0.462 e. The van der Waals surface area contributed by atoms with Crippen LogP contribution in [0.3, 0.4) is 0 Å². The number of esters is 2. The fourth-order valence-electron chi connectivity index (χ4n) is 5.72. The summed E-state index contributed by atoms with van der Waals surface area (Å²) in [7, 11) is -4.61. The third-order valence-electron chi connectivity index (χ3n) is 8.91. The van der Waals surface area contributed by atoms with E-state index in [1.165, 1.54) is 77.0 Å². The SMILES string of the molecule is CCCCCCCC/C=C/C/C=C/CCC(=O)OCC(CO[C@@H]1O[C@@H](CS(=O)(=O)O)[C@H](O)C(O)C1O)OC(=O)CC/C=C/C/C=C/CCCCCCCC. The van der Waals surface area contributed by atoms with Gasteiger partial charge in [0.2, 0.25) is 0 Å². The van der Waals surface area contributed by atoms with Gasteiger partial charge in [-0.3, -0.25) is 14.1 Å². The van der Waals surface area contributed by atoms with Gasteiger partial charge < -0.3 is 34.3 Å². The van der Waals surface area contributed by atoms with E-state index in [2.05, 4.69) is 38.2 Å². The van der Waals surface area contributed by atoms with Crippen LogP contribution in [-0.2, 0) is 38.7 Å². The third-order valence-corrected chi connectivity index (χ3v) is 9.66. The molecule has 6 atom stereocenters. The molecule has 0 aromatic rings. The lowest BCUT2D eigenvalue weighted by Crippen LogP contribution is -2.60. The van der Waals surface area contributed by atoms with Crippen molar-refractivity contribution in [2.75, 3.05) is 19.0 Å². The number of hydrogen-bond acceptors (Lipinski definition) is 11. The van der Waals surface area contributed by atoms with Gasteiger partial charge in [0, 0.05) is 12.8 Å². The first-order valence-electron chi connectivity index (χ1n) is 20.2. The largest absolute Gasteiger partial charge is 0.462 e. The molecule has 0 amide bonds. The molecule has 1 rings (SSSR count). The summed E-state index contributed by atoms with van der Waals surface area (Å²) in [6.07, 6.45) is 26.3. The number of hydrogen-bond donors (Lipinski definition) is 4. The van der Waals surface area contributed by atoms with Gasteiger partial charge in [-0.25, -0.2) is 0 Å². The summed E-state index contributed by atoms with van der Waals surface area (Å²) in [5.74, 6) is -2.16. The van der Waals surface area contributed by atoms with Crippen molar-refractivity contribution in [2.24, 2.45) is 0 Å². The van der Waals surface area contributed by atoms with Gasteiger partial charge in [-0.1, -0.05) is 127 Å². The summed E-state index contributed by atoms with van der Waals surface area (Å²) >= 11 is 0. The molecule has 0 aromatic heterocycles. The van der Waals surface area contributed by atoms with Gasteiger partial charge in [0.1, 0.15) is 36.8 Å². The Bertz CT molecular complexity index is 1200. The molecule has 1 heterocycles. The predicted molar refractivity (Wildman–Crippen MR) is 210 cm³/mol. The molecule has 0 spiro atoms. The molecule has 0 aromatic carbocycles. The maximum atomic E-state index is 12.7. The summed E-state index contributed by atoms with van der Waals surface area (Å²) in [6.45, 7) is 3.61. The number of ether oxygens (including phenoxy) is 4. The standard InChI is InChI=1S/C41H70O12S/c1-3-5-7-9-11-13-15-17-19-21-23-25-27-29-36(42)50-31-34(32-51-41-40(46)39(45)38(44)35(53-41)33-54(47,48)49)52-37(43)30-28-26-24-22-20-18-16-14-12-10-8-6-4-2/h17-20,23-26,34-35,38-41,44-46H,3-16,21-22,27-33H2,1-2H3,(H,47,48,49)/b19-17+,20-18+,25-23+,26-24+/t34?,35-,38-,39?,40?,41+/m0/s1. The van der Waals surface area contributed by atoms with Gasteiger partial charge in [-0.15, -0.1) is 0 Å². The van der Waals surface area contributed by atoms with Crippen LogP contribution in [0.25, 0.3) is 0 Å². The van der Waals surface area contributed by atoms with Crippen LogP contribution in [0.2, 0.25) is 0 Å². The number of aliphatic hydroxyl groups is 3. The molecule has 0 aliphatic carbocycles. The summed E-state index contributed by atoms with van der Waals surface area (Å²) in [5, 5.41) is 30.7. The zero-order chi connectivity index (χ0) is 39.9. The van der Waals surface area contributed by atoms with Crippen molar-refractivity contribution >= 4 is 22.1 Å². The van der Waals surface area contributed by atoms with Gasteiger partial charge in [-0.05, 0) is 51.4 Å². The highest BCUT2D eigenvalue weighted by atomic mass is 32.2. The lowest BCUT2D eigenvalue weighted by molar-refractivity contribution is -0.297. The molecule has 12 nitrogen and oxygen atoms in total. The Kier molecular flexibility index (Phi) is 29.2. The van der Waals surface area contributed by atoms with Crippen molar-refractivity contribution in [2.45, 2.75) is 179 Å². The fraction of sp³-hybridized carbons (Fsp3) is 0.756. The molecule has 1 aliphatic rings. The van der Waals surface area contributed by atoms with E-state index in [4.69, 9.17) is 18.9 Å². The van der Waals surface area contributed by atoms with E-state index in [1.54, 1.807) is 0 Å². The van der Waals surface area contributed by atoms with E-state index < -0.39 is 71.2 Å². The lowest BCUT2D eigenvalue weighted by atomic mass is 10.00. The van der Waals surface area contributed by atoms with Crippen LogP contribution in [0.1, 0.15) is 142 Å². The van der Waals surface area contributed by atoms with Gasteiger partial charge in [0.25, 0.3) is 10.1 Å². The van der Waals surface area contributed by atoms with Gasteiger partial charge in [0.05, 0.1) is 6.61 Å². The van der Waals surface area contributed by atoms with Crippen molar-refractivity contribution in [1.82, 2.24) is 0 Å². The average Bonchev–Trinajstić information content (AvgIpc) is 3.13. The van der Waals surface area contributed by atoms with Crippen LogP contribution in [0.4, 0.5) is 0 Å². The fourth-order valence-corrected chi connectivity index (χ4v) is 6.41. The Hall–Kier alpha value is -2.39. The molecular weight excluding hydrogens is 717 g/mol. The first-order valence-corrected chi connectivity index (χ1v) is 21.8. The normalized spacial score (nSPS) is 21.5. The van der Waals surface area contributed by atoms with E-state index in [1.807, 2.05) is 24.3 Å². The monoisotopic (exact) mass is 786 g/mol. The van der Waals surface area contributed by atoms with Crippen LogP contribution >= 0.6 is 0 Å². The third kappa shape index (κ3) is 26.4. The van der Waals surface area contributed by atoms with Gasteiger partial charge in [0.15, 0.2) is 12.4 Å². The second kappa shape index (κ2) is 31.8. The topological polar surface area (TPSA) is 186 Å². The molecule has 1 fully saturated rings. The molecule has 0 saturated carbocycles. The number of allylic oxidation sites excluding steroid dienone is 8.